The van der Waals surface area contributed by atoms with Crippen LogP contribution in [0.15, 0.2) is 42.9 Å². The monoisotopic (exact) mass is 407 g/mol. The number of amides is 2. The topological polar surface area (TPSA) is 69.6 Å². The van der Waals surface area contributed by atoms with Crippen molar-refractivity contribution in [2.24, 2.45) is 5.92 Å². The molecule has 0 spiro atoms. The van der Waals surface area contributed by atoms with Crippen molar-refractivity contribution in [3.63, 3.8) is 0 Å². The molecular formula is C23H29N5O2. The van der Waals surface area contributed by atoms with Crippen LogP contribution in [0.25, 0.3) is 0 Å². The lowest BCUT2D eigenvalue weighted by Gasteiger charge is -2.34. The summed E-state index contributed by atoms with van der Waals surface area (Å²) in [5, 5.41) is 0. The van der Waals surface area contributed by atoms with E-state index >= 15 is 0 Å². The number of anilines is 1. The summed E-state index contributed by atoms with van der Waals surface area (Å²) < 4.78 is 0. The number of pyridine rings is 2. The lowest BCUT2D eigenvalue weighted by Crippen LogP contribution is -2.45. The van der Waals surface area contributed by atoms with Gasteiger partial charge < -0.3 is 14.7 Å². The molecule has 0 unspecified atom stereocenters. The fraction of sp³-hybridized carbons (Fsp3) is 0.478. The van der Waals surface area contributed by atoms with E-state index in [0.717, 1.165) is 45.4 Å². The second kappa shape index (κ2) is 9.24. The van der Waals surface area contributed by atoms with Crippen LogP contribution in [0, 0.1) is 12.8 Å². The molecule has 0 aliphatic carbocycles. The summed E-state index contributed by atoms with van der Waals surface area (Å²) in [6.45, 7) is 6.64. The Bertz CT molecular complexity index is 880. The average molecular weight is 408 g/mol. The zero-order valence-corrected chi connectivity index (χ0v) is 17.5. The van der Waals surface area contributed by atoms with Gasteiger partial charge in [-0.25, -0.2) is 0 Å². The van der Waals surface area contributed by atoms with Gasteiger partial charge >= 0.3 is 0 Å². The Kier molecular flexibility index (Phi) is 6.26. The molecule has 0 atom stereocenters. The number of hydrogen-bond acceptors (Lipinski definition) is 5. The first-order valence-corrected chi connectivity index (χ1v) is 10.8. The third-order valence-electron chi connectivity index (χ3n) is 6.15. The van der Waals surface area contributed by atoms with Crippen LogP contribution < -0.4 is 4.90 Å². The number of likely N-dealkylation sites (tertiary alicyclic amines) is 1. The normalized spacial score (nSPS) is 18.2. The molecule has 4 heterocycles. The Labute approximate surface area is 177 Å². The van der Waals surface area contributed by atoms with Gasteiger partial charge in [-0.05, 0) is 49.9 Å². The summed E-state index contributed by atoms with van der Waals surface area (Å²) in [5.74, 6) is 0.208. The third-order valence-corrected chi connectivity index (χ3v) is 6.15. The summed E-state index contributed by atoms with van der Waals surface area (Å²) in [7, 11) is 0. The van der Waals surface area contributed by atoms with E-state index in [1.807, 2.05) is 28.3 Å². The van der Waals surface area contributed by atoms with Gasteiger partial charge in [0.25, 0.3) is 5.91 Å². The predicted octanol–water partition coefficient (Wildman–Crippen LogP) is 2.38. The molecule has 2 aliphatic heterocycles. The molecule has 0 radical (unpaired) electrons. The number of aromatic nitrogens is 2. The van der Waals surface area contributed by atoms with Crippen LogP contribution in [0.4, 0.5) is 5.69 Å². The minimum Gasteiger partial charge on any atom is -0.369 e. The van der Waals surface area contributed by atoms with Gasteiger partial charge in [-0.15, -0.1) is 0 Å². The molecule has 2 aliphatic rings. The summed E-state index contributed by atoms with van der Waals surface area (Å²) in [4.78, 5) is 40.3. The van der Waals surface area contributed by atoms with E-state index in [1.165, 1.54) is 11.3 Å². The van der Waals surface area contributed by atoms with Crippen LogP contribution in [-0.4, -0.2) is 70.9 Å². The summed E-state index contributed by atoms with van der Waals surface area (Å²) in [6.07, 6.45) is 7.77. The molecule has 0 N–H and O–H groups in total. The quantitative estimate of drug-likeness (QED) is 0.781. The molecular weight excluding hydrogens is 378 g/mol. The molecule has 7 heteroatoms. The van der Waals surface area contributed by atoms with Crippen LogP contribution in [0.1, 0.15) is 35.3 Å². The highest BCUT2D eigenvalue weighted by molar-refractivity contribution is 5.92. The lowest BCUT2D eigenvalue weighted by molar-refractivity contribution is -0.136. The minimum absolute atomic E-state index is 0.00648. The minimum atomic E-state index is -0.0420. The first-order chi connectivity index (χ1) is 14.6. The Morgan fingerprint density at radius 2 is 1.77 bits per heavy atom. The van der Waals surface area contributed by atoms with Crippen LogP contribution in [-0.2, 0) is 4.79 Å². The van der Waals surface area contributed by atoms with Gasteiger partial charge in [0.05, 0.1) is 0 Å². The number of hydrogen-bond donors (Lipinski definition) is 0. The molecule has 2 saturated heterocycles. The van der Waals surface area contributed by atoms with Crippen molar-refractivity contribution >= 4 is 17.5 Å². The van der Waals surface area contributed by atoms with Gasteiger partial charge in [0.1, 0.15) is 5.69 Å². The molecule has 2 amide bonds. The van der Waals surface area contributed by atoms with Crippen molar-refractivity contribution in [1.29, 1.82) is 0 Å². The van der Waals surface area contributed by atoms with E-state index in [4.69, 9.17) is 0 Å². The molecule has 2 aromatic rings. The Morgan fingerprint density at radius 1 is 0.933 bits per heavy atom. The van der Waals surface area contributed by atoms with Crippen LogP contribution >= 0.6 is 0 Å². The fourth-order valence-electron chi connectivity index (χ4n) is 4.44. The molecule has 158 valence electrons. The highest BCUT2D eigenvalue weighted by atomic mass is 16.2. The van der Waals surface area contributed by atoms with E-state index in [2.05, 4.69) is 27.9 Å². The first kappa shape index (κ1) is 20.3. The predicted molar refractivity (Wildman–Crippen MR) is 115 cm³/mol. The molecule has 2 fully saturated rings. The van der Waals surface area contributed by atoms with Crippen molar-refractivity contribution in [3.05, 3.63) is 54.1 Å². The van der Waals surface area contributed by atoms with Gasteiger partial charge in [-0.1, -0.05) is 6.07 Å². The molecule has 30 heavy (non-hydrogen) atoms. The molecule has 0 saturated carbocycles. The number of piperidine rings is 1. The number of nitrogens with zero attached hydrogens (tertiary/aromatic N) is 5. The van der Waals surface area contributed by atoms with Crippen molar-refractivity contribution in [1.82, 2.24) is 19.8 Å². The van der Waals surface area contributed by atoms with E-state index in [-0.39, 0.29) is 17.7 Å². The Morgan fingerprint density at radius 3 is 2.50 bits per heavy atom. The van der Waals surface area contributed by atoms with E-state index in [9.17, 15) is 9.59 Å². The second-order valence-corrected chi connectivity index (χ2v) is 8.11. The van der Waals surface area contributed by atoms with Gasteiger partial charge in [0, 0.05) is 69.5 Å². The van der Waals surface area contributed by atoms with Crippen molar-refractivity contribution in [3.8, 4) is 0 Å². The fourth-order valence-corrected chi connectivity index (χ4v) is 4.44. The lowest BCUT2D eigenvalue weighted by atomic mass is 9.95. The van der Waals surface area contributed by atoms with Crippen LogP contribution in [0.5, 0.6) is 0 Å². The van der Waals surface area contributed by atoms with Crippen LogP contribution in [0.3, 0.4) is 0 Å². The summed E-state index contributed by atoms with van der Waals surface area (Å²) >= 11 is 0. The summed E-state index contributed by atoms with van der Waals surface area (Å²) in [6, 6.07) is 7.43. The van der Waals surface area contributed by atoms with E-state index in [0.29, 0.717) is 18.8 Å². The maximum Gasteiger partial charge on any atom is 0.272 e. The molecule has 0 bridgehead atoms. The molecule has 2 aromatic heterocycles. The maximum absolute atomic E-state index is 13.1. The molecule has 0 aromatic carbocycles. The SMILES string of the molecule is Cc1cnccc1N1CCCN(C(=O)C2CCN(C(=O)c3ccccn3)CC2)CC1. The van der Waals surface area contributed by atoms with Gasteiger partial charge in [0.15, 0.2) is 0 Å². The first-order valence-electron chi connectivity index (χ1n) is 10.8. The summed E-state index contributed by atoms with van der Waals surface area (Å²) in [5.41, 5.74) is 2.85. The average Bonchev–Trinajstić information content (AvgIpc) is 3.05. The zero-order valence-electron chi connectivity index (χ0n) is 17.5. The molecule has 7 nitrogen and oxygen atoms in total. The number of aryl methyl sites for hydroxylation is 1. The number of carbonyl (C=O) groups excluding carboxylic acids is 2. The standard InChI is InChI=1S/C23H29N5O2/c1-18-17-24-10-6-21(18)26-11-4-12-27(16-15-26)22(29)19-7-13-28(14-8-19)23(30)20-5-2-3-9-25-20/h2-3,5-6,9-10,17,19H,4,7-8,11-16H2,1H3. The van der Waals surface area contributed by atoms with Gasteiger partial charge in [-0.2, -0.15) is 0 Å². The highest BCUT2D eigenvalue weighted by Crippen LogP contribution is 2.24. The van der Waals surface area contributed by atoms with Gasteiger partial charge in [0.2, 0.25) is 5.91 Å². The second-order valence-electron chi connectivity index (χ2n) is 8.11. The van der Waals surface area contributed by atoms with Crippen molar-refractivity contribution in [2.45, 2.75) is 26.2 Å². The Hall–Kier alpha value is -2.96. The van der Waals surface area contributed by atoms with E-state index < -0.39 is 0 Å². The van der Waals surface area contributed by atoms with Crippen molar-refractivity contribution in [2.75, 3.05) is 44.2 Å². The Balaban J connectivity index is 1.31. The third kappa shape index (κ3) is 4.45. The maximum atomic E-state index is 13.1. The zero-order chi connectivity index (χ0) is 20.9. The van der Waals surface area contributed by atoms with Crippen LogP contribution in [0.2, 0.25) is 0 Å². The van der Waals surface area contributed by atoms with Gasteiger partial charge in [-0.3, -0.25) is 19.6 Å². The van der Waals surface area contributed by atoms with E-state index in [1.54, 1.807) is 18.3 Å². The smallest absolute Gasteiger partial charge is 0.272 e. The van der Waals surface area contributed by atoms with Crippen molar-refractivity contribution < 1.29 is 9.59 Å². The highest BCUT2D eigenvalue weighted by Gasteiger charge is 2.31. The number of rotatable bonds is 3. The number of carbonyl (C=O) groups is 2. The largest absolute Gasteiger partial charge is 0.369 e. The molecule has 4 rings (SSSR count).